The summed E-state index contributed by atoms with van der Waals surface area (Å²) in [7, 11) is 0. The Bertz CT molecular complexity index is 1220. The molecule has 32 heavy (non-hydrogen) atoms. The van der Waals surface area contributed by atoms with Crippen LogP contribution in [-0.4, -0.2) is 22.6 Å². The minimum atomic E-state index is -0.852. The number of amides is 2. The standard InChI is InChI=1S/C24H20ClN3O2S2/c1-15-6-2-3-7-18(15)26-23(30)22(16-10-12-17(25)13-11-16)28-21(29)14-31-24-27-19-8-4-5-9-20(19)32-24/h2-13,22H,14H2,1H3,(H,26,30)(H,28,29). The highest BCUT2D eigenvalue weighted by atomic mass is 35.5. The Morgan fingerprint density at radius 1 is 1.03 bits per heavy atom. The predicted octanol–water partition coefficient (Wildman–Crippen LogP) is 5.85. The third-order valence-electron chi connectivity index (χ3n) is 4.77. The van der Waals surface area contributed by atoms with Gasteiger partial charge in [0, 0.05) is 10.7 Å². The van der Waals surface area contributed by atoms with E-state index in [2.05, 4.69) is 15.6 Å². The van der Waals surface area contributed by atoms with Gasteiger partial charge in [0.2, 0.25) is 5.91 Å². The number of anilines is 1. The molecule has 0 fully saturated rings. The number of hydrogen-bond acceptors (Lipinski definition) is 5. The molecule has 1 atom stereocenters. The monoisotopic (exact) mass is 481 g/mol. The molecule has 1 aromatic heterocycles. The number of aromatic nitrogens is 1. The number of thiazole rings is 1. The number of carbonyl (C=O) groups is 2. The second-order valence-electron chi connectivity index (χ2n) is 7.09. The molecule has 0 saturated carbocycles. The zero-order chi connectivity index (χ0) is 22.5. The third-order valence-corrected chi connectivity index (χ3v) is 7.21. The van der Waals surface area contributed by atoms with E-state index in [1.54, 1.807) is 35.6 Å². The molecule has 0 saturated heterocycles. The molecule has 2 N–H and O–H groups in total. The number of halogens is 1. The fourth-order valence-electron chi connectivity index (χ4n) is 3.12. The van der Waals surface area contributed by atoms with Gasteiger partial charge >= 0.3 is 0 Å². The number of carbonyl (C=O) groups excluding carboxylic acids is 2. The Morgan fingerprint density at radius 3 is 2.50 bits per heavy atom. The number of fused-ring (bicyclic) bond motifs is 1. The minimum Gasteiger partial charge on any atom is -0.340 e. The van der Waals surface area contributed by atoms with Crippen LogP contribution in [-0.2, 0) is 9.59 Å². The van der Waals surface area contributed by atoms with Crippen molar-refractivity contribution in [2.24, 2.45) is 0 Å². The van der Waals surface area contributed by atoms with Crippen molar-refractivity contribution in [3.8, 4) is 0 Å². The number of aryl methyl sites for hydroxylation is 1. The van der Waals surface area contributed by atoms with E-state index in [0.717, 1.165) is 20.1 Å². The largest absolute Gasteiger partial charge is 0.340 e. The summed E-state index contributed by atoms with van der Waals surface area (Å²) in [6.45, 7) is 1.92. The molecule has 0 aliphatic rings. The molecule has 0 aliphatic carbocycles. The lowest BCUT2D eigenvalue weighted by Gasteiger charge is -2.19. The van der Waals surface area contributed by atoms with E-state index in [0.29, 0.717) is 16.3 Å². The first-order chi connectivity index (χ1) is 15.5. The van der Waals surface area contributed by atoms with Crippen LogP contribution in [0.1, 0.15) is 17.2 Å². The summed E-state index contributed by atoms with van der Waals surface area (Å²) in [5.74, 6) is -0.421. The minimum absolute atomic E-state index is 0.154. The van der Waals surface area contributed by atoms with Gasteiger partial charge in [-0.1, -0.05) is 65.8 Å². The first kappa shape index (κ1) is 22.3. The van der Waals surface area contributed by atoms with Crippen LogP contribution < -0.4 is 10.6 Å². The highest BCUT2D eigenvalue weighted by Crippen LogP contribution is 2.29. The lowest BCUT2D eigenvalue weighted by Crippen LogP contribution is -2.38. The summed E-state index contributed by atoms with van der Waals surface area (Å²) in [5, 5.41) is 6.33. The van der Waals surface area contributed by atoms with E-state index >= 15 is 0 Å². The first-order valence-electron chi connectivity index (χ1n) is 9.89. The lowest BCUT2D eigenvalue weighted by molar-refractivity contribution is -0.125. The molecule has 3 aromatic carbocycles. The maximum atomic E-state index is 13.1. The second-order valence-corrected chi connectivity index (χ2v) is 9.78. The fraction of sp³-hybridized carbons (Fsp3) is 0.125. The van der Waals surface area contributed by atoms with Gasteiger partial charge in [0.05, 0.1) is 16.0 Å². The van der Waals surface area contributed by atoms with Gasteiger partial charge in [0.1, 0.15) is 6.04 Å². The molecule has 0 radical (unpaired) electrons. The molecule has 4 rings (SSSR count). The van der Waals surface area contributed by atoms with E-state index in [4.69, 9.17) is 11.6 Å². The summed E-state index contributed by atoms with van der Waals surface area (Å²) in [4.78, 5) is 30.4. The number of benzene rings is 3. The van der Waals surface area contributed by atoms with Gasteiger partial charge in [-0.25, -0.2) is 4.98 Å². The van der Waals surface area contributed by atoms with Crippen molar-refractivity contribution in [3.05, 3.63) is 88.9 Å². The smallest absolute Gasteiger partial charge is 0.251 e. The molecule has 4 aromatic rings. The molecule has 2 amide bonds. The highest BCUT2D eigenvalue weighted by Gasteiger charge is 2.23. The Morgan fingerprint density at radius 2 is 1.75 bits per heavy atom. The number of nitrogens with zero attached hydrogens (tertiary/aromatic N) is 1. The van der Waals surface area contributed by atoms with E-state index in [1.165, 1.54) is 11.8 Å². The summed E-state index contributed by atoms with van der Waals surface area (Å²) in [6, 6.07) is 21.4. The van der Waals surface area contributed by atoms with E-state index in [-0.39, 0.29) is 17.6 Å². The van der Waals surface area contributed by atoms with Crippen LogP contribution in [0.3, 0.4) is 0 Å². The number of nitrogens with one attached hydrogen (secondary N) is 2. The van der Waals surface area contributed by atoms with Gasteiger partial charge in [-0.15, -0.1) is 11.3 Å². The molecular formula is C24H20ClN3O2S2. The number of thioether (sulfide) groups is 1. The van der Waals surface area contributed by atoms with Gasteiger partial charge in [0.15, 0.2) is 4.34 Å². The zero-order valence-corrected chi connectivity index (χ0v) is 19.6. The van der Waals surface area contributed by atoms with Crippen LogP contribution in [0.15, 0.2) is 77.1 Å². The molecule has 0 bridgehead atoms. The summed E-state index contributed by atoms with van der Waals surface area (Å²) in [5.41, 5.74) is 3.21. The highest BCUT2D eigenvalue weighted by molar-refractivity contribution is 8.01. The molecule has 0 aliphatic heterocycles. The topological polar surface area (TPSA) is 71.1 Å². The van der Waals surface area contributed by atoms with Crippen molar-refractivity contribution in [2.75, 3.05) is 11.1 Å². The van der Waals surface area contributed by atoms with Gasteiger partial charge in [0.25, 0.3) is 5.91 Å². The maximum Gasteiger partial charge on any atom is 0.251 e. The van der Waals surface area contributed by atoms with Gasteiger partial charge in [-0.05, 0) is 48.4 Å². The molecule has 162 valence electrons. The fourth-order valence-corrected chi connectivity index (χ4v) is 5.12. The van der Waals surface area contributed by atoms with E-state index < -0.39 is 6.04 Å². The summed E-state index contributed by atoms with van der Waals surface area (Å²) in [6.07, 6.45) is 0. The first-order valence-corrected chi connectivity index (χ1v) is 12.1. The zero-order valence-electron chi connectivity index (χ0n) is 17.2. The quantitative estimate of drug-likeness (QED) is 0.325. The average Bonchev–Trinajstić information content (AvgIpc) is 3.21. The Labute approximate surface area is 199 Å². The van der Waals surface area contributed by atoms with Gasteiger partial charge in [-0.3, -0.25) is 9.59 Å². The molecule has 1 heterocycles. The van der Waals surface area contributed by atoms with Crippen LogP contribution in [0.25, 0.3) is 10.2 Å². The van der Waals surface area contributed by atoms with Crippen LogP contribution in [0.5, 0.6) is 0 Å². The van der Waals surface area contributed by atoms with Crippen molar-refractivity contribution in [1.29, 1.82) is 0 Å². The molecule has 8 heteroatoms. The van der Waals surface area contributed by atoms with Crippen molar-refractivity contribution < 1.29 is 9.59 Å². The predicted molar refractivity (Wildman–Crippen MR) is 132 cm³/mol. The van der Waals surface area contributed by atoms with Crippen molar-refractivity contribution in [1.82, 2.24) is 10.3 Å². The van der Waals surface area contributed by atoms with Crippen LogP contribution >= 0.6 is 34.7 Å². The molecule has 0 spiro atoms. The van der Waals surface area contributed by atoms with Crippen molar-refractivity contribution in [2.45, 2.75) is 17.3 Å². The molecule has 5 nitrogen and oxygen atoms in total. The maximum absolute atomic E-state index is 13.1. The average molecular weight is 482 g/mol. The molecule has 1 unspecified atom stereocenters. The summed E-state index contributed by atoms with van der Waals surface area (Å²) < 4.78 is 1.89. The van der Waals surface area contributed by atoms with Gasteiger partial charge in [-0.2, -0.15) is 0 Å². The van der Waals surface area contributed by atoms with E-state index in [1.807, 2.05) is 55.5 Å². The van der Waals surface area contributed by atoms with Crippen molar-refractivity contribution in [3.63, 3.8) is 0 Å². The van der Waals surface area contributed by atoms with E-state index in [9.17, 15) is 9.59 Å². The second kappa shape index (κ2) is 10.2. The Hall–Kier alpha value is -2.87. The van der Waals surface area contributed by atoms with Crippen LogP contribution in [0.4, 0.5) is 5.69 Å². The Balaban J connectivity index is 1.47. The van der Waals surface area contributed by atoms with Crippen LogP contribution in [0.2, 0.25) is 5.02 Å². The normalized spacial score (nSPS) is 11.8. The van der Waals surface area contributed by atoms with Crippen molar-refractivity contribution >= 4 is 62.4 Å². The summed E-state index contributed by atoms with van der Waals surface area (Å²) >= 11 is 8.90. The lowest BCUT2D eigenvalue weighted by atomic mass is 10.1. The molecular weight excluding hydrogens is 462 g/mol. The number of rotatable bonds is 7. The SMILES string of the molecule is Cc1ccccc1NC(=O)C(NC(=O)CSc1nc2ccccc2s1)c1ccc(Cl)cc1. The number of hydrogen-bond donors (Lipinski definition) is 2. The third kappa shape index (κ3) is 5.48. The number of para-hydroxylation sites is 2. The van der Waals surface area contributed by atoms with Gasteiger partial charge < -0.3 is 10.6 Å². The van der Waals surface area contributed by atoms with Crippen LogP contribution in [0, 0.1) is 6.92 Å². The Kier molecular flexibility index (Phi) is 7.09.